The Morgan fingerprint density at radius 2 is 1.67 bits per heavy atom. The van der Waals surface area contributed by atoms with Crippen molar-refractivity contribution >= 4 is 41.8 Å². The molecule has 0 amide bonds. The van der Waals surface area contributed by atoms with E-state index in [0.717, 1.165) is 25.3 Å². The van der Waals surface area contributed by atoms with Gasteiger partial charge in [0.1, 0.15) is 0 Å². The maximum atomic E-state index is 5.52. The smallest absolute Gasteiger partial charge is 0.0573 e. The Kier molecular flexibility index (Phi) is 17.6. The lowest BCUT2D eigenvalue weighted by atomic mass is 10.2. The summed E-state index contributed by atoms with van der Waals surface area (Å²) in [5.41, 5.74) is 0. The predicted octanol–water partition coefficient (Wildman–Crippen LogP) is 3.52. The second-order valence-corrected chi connectivity index (χ2v) is 3.03. The molecule has 0 fully saturated rings. The van der Waals surface area contributed by atoms with Crippen molar-refractivity contribution in [1.82, 2.24) is 0 Å². The first-order chi connectivity index (χ1) is 5.41. The number of hydrogen-bond acceptors (Lipinski definition) is 1. The Bertz CT molecular complexity index is 96.3. The first-order valence-electron chi connectivity index (χ1n) is 4.02. The first kappa shape index (κ1) is 15.0. The molecule has 0 radical (unpaired) electrons. The van der Waals surface area contributed by atoms with E-state index in [0.29, 0.717) is 5.88 Å². The van der Waals surface area contributed by atoms with Crippen LogP contribution in [-0.2, 0) is 0 Å². The molecule has 0 atom stereocenters. The molecule has 0 N–H and O–H groups in total. The quantitative estimate of drug-likeness (QED) is 0.362. The Balaban J connectivity index is 0. The number of rotatable bonds is 7. The summed E-state index contributed by atoms with van der Waals surface area (Å²) in [6.45, 7) is 0.912. The van der Waals surface area contributed by atoms with E-state index < -0.39 is 0 Å². The summed E-state index contributed by atoms with van der Waals surface area (Å²) < 4.78 is 0. The van der Waals surface area contributed by atoms with Crippen molar-refractivity contribution in [1.29, 1.82) is 0 Å². The van der Waals surface area contributed by atoms with E-state index in [1.807, 2.05) is 0 Å². The summed E-state index contributed by atoms with van der Waals surface area (Å²) in [6.07, 6.45) is 6.49. The molecule has 0 heterocycles. The molecule has 0 aromatic carbocycles. The zero-order valence-electron chi connectivity index (χ0n) is 7.14. The van der Waals surface area contributed by atoms with Crippen LogP contribution in [0.25, 0.3) is 0 Å². The van der Waals surface area contributed by atoms with Crippen molar-refractivity contribution in [2.75, 3.05) is 18.3 Å². The second kappa shape index (κ2) is 14.1. The van der Waals surface area contributed by atoms with Gasteiger partial charge < -0.3 is 0 Å². The third-order valence-electron chi connectivity index (χ3n) is 1.37. The van der Waals surface area contributed by atoms with Gasteiger partial charge in [0, 0.05) is 18.6 Å². The van der Waals surface area contributed by atoms with E-state index in [9.17, 15) is 0 Å². The molecule has 4 heteroatoms. The van der Waals surface area contributed by atoms with Crippen LogP contribution in [0.3, 0.4) is 0 Å². The zero-order chi connectivity index (χ0) is 8.36. The fourth-order valence-electron chi connectivity index (χ4n) is 0.791. The number of unbranched alkanes of at least 4 members (excludes halogenated alkanes) is 3. The molecule has 0 saturated carbocycles. The number of halogens is 3. The van der Waals surface area contributed by atoms with Gasteiger partial charge in [-0.2, -0.15) is 0 Å². The molecule has 0 bridgehead atoms. The highest BCUT2D eigenvalue weighted by atomic mass is 35.5. The van der Waals surface area contributed by atoms with Crippen molar-refractivity contribution in [2.45, 2.75) is 25.7 Å². The number of alkyl halides is 2. The van der Waals surface area contributed by atoms with Gasteiger partial charge in [0.2, 0.25) is 0 Å². The monoisotopic (exact) mass is 231 g/mol. The number of nitrogens with zero attached hydrogens (tertiary/aromatic N) is 1. The van der Waals surface area contributed by atoms with Gasteiger partial charge >= 0.3 is 0 Å². The van der Waals surface area contributed by atoms with E-state index >= 15 is 0 Å². The molecule has 0 saturated heterocycles. The lowest BCUT2D eigenvalue weighted by Crippen LogP contribution is -1.84. The standard InChI is InChI=1S/C8H15Cl2N.ClH/c9-5-3-1-2-4-7-11-8-6-10;/h8H,1-7H2;1H. The number of aliphatic imine (C=N–C) groups is 1. The van der Waals surface area contributed by atoms with Gasteiger partial charge in [-0.3, -0.25) is 4.99 Å². The van der Waals surface area contributed by atoms with Crippen molar-refractivity contribution in [2.24, 2.45) is 4.99 Å². The minimum atomic E-state index is 0. The molecule has 0 aromatic rings. The average Bonchev–Trinajstić information content (AvgIpc) is 2.03. The van der Waals surface area contributed by atoms with Crippen molar-refractivity contribution in [3.05, 3.63) is 0 Å². The maximum Gasteiger partial charge on any atom is 0.0573 e. The predicted molar refractivity (Wildman–Crippen MR) is 60.5 cm³/mol. The Labute approximate surface area is 90.9 Å². The first-order valence-corrected chi connectivity index (χ1v) is 5.09. The van der Waals surface area contributed by atoms with Gasteiger partial charge in [0.25, 0.3) is 0 Å². The van der Waals surface area contributed by atoms with E-state index in [1.165, 1.54) is 12.8 Å². The summed E-state index contributed by atoms with van der Waals surface area (Å²) in [6, 6.07) is 0. The molecule has 1 nitrogen and oxygen atoms in total. The van der Waals surface area contributed by atoms with Crippen LogP contribution in [-0.4, -0.2) is 24.5 Å². The van der Waals surface area contributed by atoms with Gasteiger partial charge in [-0.15, -0.1) is 35.6 Å². The zero-order valence-corrected chi connectivity index (χ0v) is 9.47. The molecular formula is C8H16Cl3N. The lowest BCUT2D eigenvalue weighted by molar-refractivity contribution is 0.678. The Morgan fingerprint density at radius 1 is 1.00 bits per heavy atom. The fourth-order valence-corrected chi connectivity index (χ4v) is 1.08. The normalized spacial score (nSPS) is 10.2. The largest absolute Gasteiger partial charge is 0.296 e. The van der Waals surface area contributed by atoms with Gasteiger partial charge in [0.15, 0.2) is 0 Å². The van der Waals surface area contributed by atoms with Crippen LogP contribution in [0, 0.1) is 0 Å². The summed E-state index contributed by atoms with van der Waals surface area (Å²) in [7, 11) is 0. The van der Waals surface area contributed by atoms with Gasteiger partial charge in [-0.1, -0.05) is 12.8 Å². The van der Waals surface area contributed by atoms with E-state index in [-0.39, 0.29) is 12.4 Å². The van der Waals surface area contributed by atoms with Crippen molar-refractivity contribution < 1.29 is 0 Å². The van der Waals surface area contributed by atoms with Crippen molar-refractivity contribution in [3.8, 4) is 0 Å². The summed E-state index contributed by atoms with van der Waals surface area (Å²) in [5, 5.41) is 0. The second-order valence-electron chi connectivity index (χ2n) is 2.35. The maximum absolute atomic E-state index is 5.52. The lowest BCUT2D eigenvalue weighted by Gasteiger charge is -1.94. The molecule has 0 aliphatic carbocycles. The van der Waals surface area contributed by atoms with Crippen LogP contribution < -0.4 is 0 Å². The Morgan fingerprint density at radius 3 is 2.25 bits per heavy atom. The summed E-state index contributed by atoms with van der Waals surface area (Å²) in [4.78, 5) is 4.10. The van der Waals surface area contributed by atoms with Crippen LogP contribution >= 0.6 is 35.6 Å². The third kappa shape index (κ3) is 13.2. The molecule has 0 unspecified atom stereocenters. The minimum Gasteiger partial charge on any atom is -0.296 e. The molecule has 0 aliphatic heterocycles. The van der Waals surface area contributed by atoms with E-state index in [4.69, 9.17) is 23.2 Å². The van der Waals surface area contributed by atoms with Crippen LogP contribution in [0.1, 0.15) is 25.7 Å². The third-order valence-corrected chi connectivity index (χ3v) is 1.77. The van der Waals surface area contributed by atoms with Crippen LogP contribution in [0.4, 0.5) is 0 Å². The van der Waals surface area contributed by atoms with Crippen LogP contribution in [0.2, 0.25) is 0 Å². The van der Waals surface area contributed by atoms with Gasteiger partial charge in [0.05, 0.1) is 5.88 Å². The fraction of sp³-hybridized carbons (Fsp3) is 0.875. The highest BCUT2D eigenvalue weighted by Crippen LogP contribution is 2.00. The van der Waals surface area contributed by atoms with E-state index in [1.54, 1.807) is 6.21 Å². The van der Waals surface area contributed by atoms with Crippen LogP contribution in [0.5, 0.6) is 0 Å². The molecule has 12 heavy (non-hydrogen) atoms. The summed E-state index contributed by atoms with van der Waals surface area (Å²) >= 11 is 10.9. The molecular weight excluding hydrogens is 216 g/mol. The minimum absolute atomic E-state index is 0. The summed E-state index contributed by atoms with van der Waals surface area (Å²) in [5.74, 6) is 1.31. The molecule has 74 valence electrons. The molecule has 0 spiro atoms. The molecule has 0 aliphatic rings. The highest BCUT2D eigenvalue weighted by molar-refractivity contribution is 6.24. The number of hydrogen-bond donors (Lipinski definition) is 0. The highest BCUT2D eigenvalue weighted by Gasteiger charge is 1.86. The Hall–Kier alpha value is 0.540. The van der Waals surface area contributed by atoms with Gasteiger partial charge in [-0.05, 0) is 12.8 Å². The SMILES string of the molecule is Cl.ClCC=NCCCCCCCl. The van der Waals surface area contributed by atoms with E-state index in [2.05, 4.69) is 4.99 Å². The topological polar surface area (TPSA) is 12.4 Å². The average molecular weight is 233 g/mol. The van der Waals surface area contributed by atoms with Crippen molar-refractivity contribution in [3.63, 3.8) is 0 Å². The molecule has 0 rings (SSSR count). The van der Waals surface area contributed by atoms with Gasteiger partial charge in [-0.25, -0.2) is 0 Å². The molecule has 0 aromatic heterocycles. The van der Waals surface area contributed by atoms with Crippen LogP contribution in [0.15, 0.2) is 4.99 Å².